The highest BCUT2D eigenvalue weighted by molar-refractivity contribution is 7.90. The Labute approximate surface area is 206 Å². The fraction of sp³-hybridized carbons (Fsp3) is 0.346. The van der Waals surface area contributed by atoms with Crippen molar-refractivity contribution in [2.24, 2.45) is 4.99 Å². The second-order valence-electron chi connectivity index (χ2n) is 8.78. The van der Waals surface area contributed by atoms with Crippen LogP contribution in [0.3, 0.4) is 0 Å². The van der Waals surface area contributed by atoms with E-state index in [0.29, 0.717) is 24.9 Å². The molecule has 3 aromatic rings. The first-order valence-corrected chi connectivity index (χ1v) is 13.4. The van der Waals surface area contributed by atoms with E-state index in [2.05, 4.69) is 20.1 Å². The van der Waals surface area contributed by atoms with Crippen molar-refractivity contribution in [3.05, 3.63) is 77.1 Å². The first kappa shape index (κ1) is 24.7. The molecule has 0 radical (unpaired) electrons. The third-order valence-corrected chi connectivity index (χ3v) is 7.38. The number of carbonyl (C=O) groups excluding carboxylic acids is 1. The molecule has 1 aliphatic rings. The van der Waals surface area contributed by atoms with Crippen LogP contribution >= 0.6 is 0 Å². The molecule has 2 heterocycles. The second-order valence-corrected chi connectivity index (χ2v) is 10.4. The number of sulfonamides is 1. The fourth-order valence-corrected chi connectivity index (χ4v) is 5.42. The number of rotatable bonds is 9. The Kier molecular flexibility index (Phi) is 7.35. The number of benzene rings is 2. The van der Waals surface area contributed by atoms with Crippen LogP contribution < -0.4 is 10.0 Å². The smallest absolute Gasteiger partial charge is 0.263 e. The van der Waals surface area contributed by atoms with E-state index in [0.717, 1.165) is 35.5 Å². The molecule has 184 valence electrons. The van der Waals surface area contributed by atoms with Gasteiger partial charge in [0, 0.05) is 17.8 Å². The molecule has 9 heteroatoms. The van der Waals surface area contributed by atoms with E-state index in [9.17, 15) is 13.2 Å². The molecule has 1 amide bonds. The number of carbonyl (C=O) groups is 1. The lowest BCUT2D eigenvalue weighted by Gasteiger charge is -2.14. The molecular weight excluding hydrogens is 462 g/mol. The zero-order valence-electron chi connectivity index (χ0n) is 20.3. The minimum Gasteiger partial charge on any atom is -0.354 e. The van der Waals surface area contributed by atoms with Gasteiger partial charge in [0.05, 0.1) is 16.3 Å². The van der Waals surface area contributed by atoms with Crippen molar-refractivity contribution in [3.8, 4) is 5.69 Å². The molecule has 8 nitrogen and oxygen atoms in total. The van der Waals surface area contributed by atoms with Crippen LogP contribution in [0, 0.1) is 13.8 Å². The predicted molar refractivity (Wildman–Crippen MR) is 136 cm³/mol. The highest BCUT2D eigenvalue weighted by Crippen LogP contribution is 2.23. The second kappa shape index (κ2) is 10.4. The Bertz CT molecular complexity index is 1340. The van der Waals surface area contributed by atoms with E-state index in [1.54, 1.807) is 24.3 Å². The normalized spacial score (nSPS) is 16.0. The maximum atomic E-state index is 13.0. The molecular formula is C26H31N5O3S. The standard InChI is InChI=1S/C26H31N5O3S/c1-4-5-9-23(28-25-22-8-6-7-10-24(22)35(33,34)30-25)26(32)27-16-15-20-11-13-21(14-12-20)31-19(3)17-18(2)29-31/h6-8,10-14,17,23H,4-5,9,15-16H2,1-3H3,(H,27,32)(H,28,30). The van der Waals surface area contributed by atoms with Crippen molar-refractivity contribution < 1.29 is 13.2 Å². The molecule has 0 saturated heterocycles. The molecule has 1 aliphatic heterocycles. The first-order chi connectivity index (χ1) is 16.8. The molecule has 1 unspecified atom stereocenters. The summed E-state index contributed by atoms with van der Waals surface area (Å²) in [5.74, 6) is 0.0328. The lowest BCUT2D eigenvalue weighted by Crippen LogP contribution is -2.36. The van der Waals surface area contributed by atoms with Crippen LogP contribution in [0.5, 0.6) is 0 Å². The monoisotopic (exact) mass is 493 g/mol. The lowest BCUT2D eigenvalue weighted by atomic mass is 10.1. The SMILES string of the molecule is CCCCC(N=C1NS(=O)(=O)c2ccccc21)C(=O)NCCc1ccc(-n2nc(C)cc2C)cc1. The molecule has 4 rings (SSSR count). The lowest BCUT2D eigenvalue weighted by molar-refractivity contribution is -0.122. The number of aliphatic imine (C=N–C) groups is 1. The number of amides is 1. The third kappa shape index (κ3) is 5.62. The molecule has 2 aromatic carbocycles. The highest BCUT2D eigenvalue weighted by Gasteiger charge is 2.31. The van der Waals surface area contributed by atoms with Crippen molar-refractivity contribution in [1.82, 2.24) is 19.8 Å². The average Bonchev–Trinajstić information content (AvgIpc) is 3.31. The van der Waals surface area contributed by atoms with Gasteiger partial charge in [-0.25, -0.2) is 13.1 Å². The quantitative estimate of drug-likeness (QED) is 0.476. The van der Waals surface area contributed by atoms with Crippen LogP contribution in [-0.2, 0) is 21.2 Å². The van der Waals surface area contributed by atoms with E-state index in [4.69, 9.17) is 0 Å². The summed E-state index contributed by atoms with van der Waals surface area (Å²) in [6.45, 7) is 6.51. The van der Waals surface area contributed by atoms with Gasteiger partial charge in [-0.2, -0.15) is 5.10 Å². The predicted octanol–water partition coefficient (Wildman–Crippen LogP) is 3.45. The summed E-state index contributed by atoms with van der Waals surface area (Å²) in [4.78, 5) is 17.7. The summed E-state index contributed by atoms with van der Waals surface area (Å²) in [6.07, 6.45) is 2.96. The summed E-state index contributed by atoms with van der Waals surface area (Å²) in [5, 5.41) is 7.49. The number of fused-ring (bicyclic) bond motifs is 1. The Hall–Kier alpha value is -3.46. The number of hydrogen-bond donors (Lipinski definition) is 2. The van der Waals surface area contributed by atoms with Crippen molar-refractivity contribution in [3.63, 3.8) is 0 Å². The van der Waals surface area contributed by atoms with Crippen LogP contribution in [0.1, 0.15) is 48.7 Å². The van der Waals surface area contributed by atoms with Crippen LogP contribution in [0.4, 0.5) is 0 Å². The van der Waals surface area contributed by atoms with Crippen LogP contribution in [0.15, 0.2) is 64.5 Å². The molecule has 1 aromatic heterocycles. The summed E-state index contributed by atoms with van der Waals surface area (Å²) in [6, 6.07) is 16.2. The topological polar surface area (TPSA) is 105 Å². The minimum atomic E-state index is -3.64. The fourth-order valence-electron chi connectivity index (χ4n) is 4.18. The summed E-state index contributed by atoms with van der Waals surface area (Å²) in [7, 11) is -3.64. The number of nitrogens with zero attached hydrogens (tertiary/aromatic N) is 3. The van der Waals surface area contributed by atoms with E-state index in [-0.39, 0.29) is 16.6 Å². The van der Waals surface area contributed by atoms with Gasteiger partial charge in [0.25, 0.3) is 10.0 Å². The first-order valence-electron chi connectivity index (χ1n) is 11.9. The van der Waals surface area contributed by atoms with Gasteiger partial charge < -0.3 is 5.32 Å². The molecule has 0 bridgehead atoms. The number of aromatic nitrogens is 2. The van der Waals surface area contributed by atoms with E-state index in [1.807, 2.05) is 55.8 Å². The summed E-state index contributed by atoms with van der Waals surface area (Å²) >= 11 is 0. The Balaban J connectivity index is 1.41. The average molecular weight is 494 g/mol. The molecule has 0 fully saturated rings. The minimum absolute atomic E-state index is 0.192. The van der Waals surface area contributed by atoms with Gasteiger partial charge in [-0.3, -0.25) is 14.5 Å². The number of amidine groups is 1. The zero-order chi connectivity index (χ0) is 25.0. The highest BCUT2D eigenvalue weighted by atomic mass is 32.2. The van der Waals surface area contributed by atoms with Crippen molar-refractivity contribution in [2.45, 2.75) is 57.4 Å². The van der Waals surface area contributed by atoms with Crippen LogP contribution in [0.2, 0.25) is 0 Å². The van der Waals surface area contributed by atoms with Crippen molar-refractivity contribution in [2.75, 3.05) is 6.54 Å². The summed E-state index contributed by atoms with van der Waals surface area (Å²) in [5.41, 5.74) is 4.66. The van der Waals surface area contributed by atoms with Crippen molar-refractivity contribution in [1.29, 1.82) is 0 Å². The van der Waals surface area contributed by atoms with E-state index < -0.39 is 16.1 Å². The van der Waals surface area contributed by atoms with E-state index in [1.165, 1.54) is 0 Å². The zero-order valence-corrected chi connectivity index (χ0v) is 21.1. The van der Waals surface area contributed by atoms with E-state index >= 15 is 0 Å². The Morgan fingerprint density at radius 2 is 1.89 bits per heavy atom. The largest absolute Gasteiger partial charge is 0.354 e. The molecule has 2 N–H and O–H groups in total. The van der Waals surface area contributed by atoms with Gasteiger partial charge in [-0.1, -0.05) is 44.0 Å². The van der Waals surface area contributed by atoms with Gasteiger partial charge >= 0.3 is 0 Å². The number of unbranched alkanes of at least 4 members (excludes halogenated alkanes) is 1. The number of nitrogens with one attached hydrogen (secondary N) is 2. The molecule has 0 aliphatic carbocycles. The van der Waals surface area contributed by atoms with Crippen LogP contribution in [-0.4, -0.2) is 42.5 Å². The van der Waals surface area contributed by atoms with Gasteiger partial charge in [0.15, 0.2) is 0 Å². The molecule has 0 saturated carbocycles. The maximum absolute atomic E-state index is 13.0. The number of hydrogen-bond acceptors (Lipinski definition) is 5. The third-order valence-electron chi connectivity index (χ3n) is 5.98. The molecule has 1 atom stereocenters. The van der Waals surface area contributed by atoms with Gasteiger partial charge in [-0.05, 0) is 62.6 Å². The summed E-state index contributed by atoms with van der Waals surface area (Å²) < 4.78 is 29.2. The Morgan fingerprint density at radius 1 is 1.14 bits per heavy atom. The Morgan fingerprint density at radius 3 is 2.57 bits per heavy atom. The van der Waals surface area contributed by atoms with Gasteiger partial charge in [0.1, 0.15) is 11.9 Å². The van der Waals surface area contributed by atoms with Crippen molar-refractivity contribution >= 4 is 21.8 Å². The van der Waals surface area contributed by atoms with Crippen LogP contribution in [0.25, 0.3) is 5.69 Å². The van der Waals surface area contributed by atoms with Gasteiger partial charge in [-0.15, -0.1) is 0 Å². The molecule has 0 spiro atoms. The maximum Gasteiger partial charge on any atom is 0.263 e. The number of aryl methyl sites for hydroxylation is 2. The van der Waals surface area contributed by atoms with Gasteiger partial charge in [0.2, 0.25) is 5.91 Å². The molecule has 35 heavy (non-hydrogen) atoms.